The number of aliphatic hydroxyl groups excluding tert-OH is 1. The standard InChI is InChI=1S/C21H29N5O3/c27-6-5-18-11-25-10-15(8-17(25)12-29-18)24-21(28)14-7-19-20(22-9-14)26(13-23-19)16-3-1-2-4-16/h7,9,13,15-18,27H,1-6,8,10-12H2,(H,24,28)/t15-,17-,18-/m0/s1. The lowest BCUT2D eigenvalue weighted by molar-refractivity contribution is -0.0566. The number of aliphatic hydroxyl groups is 1. The molecule has 3 atom stereocenters. The van der Waals surface area contributed by atoms with Gasteiger partial charge in [0.1, 0.15) is 5.52 Å². The lowest BCUT2D eigenvalue weighted by Crippen LogP contribution is -2.46. The summed E-state index contributed by atoms with van der Waals surface area (Å²) in [6, 6.07) is 2.79. The summed E-state index contributed by atoms with van der Waals surface area (Å²) in [4.78, 5) is 24.3. The van der Waals surface area contributed by atoms with Crippen LogP contribution in [0.2, 0.25) is 0 Å². The summed E-state index contributed by atoms with van der Waals surface area (Å²) in [5.74, 6) is -0.0903. The van der Waals surface area contributed by atoms with E-state index in [2.05, 4.69) is 24.8 Å². The van der Waals surface area contributed by atoms with Crippen molar-refractivity contribution in [1.29, 1.82) is 0 Å². The third kappa shape index (κ3) is 3.76. The molecule has 4 heterocycles. The van der Waals surface area contributed by atoms with Gasteiger partial charge in [-0.05, 0) is 31.7 Å². The Balaban J connectivity index is 1.24. The molecular formula is C21H29N5O3. The molecule has 1 amide bonds. The molecule has 156 valence electrons. The Morgan fingerprint density at radius 1 is 1.24 bits per heavy atom. The molecule has 1 aliphatic carbocycles. The van der Waals surface area contributed by atoms with Crippen molar-refractivity contribution >= 4 is 17.1 Å². The number of aromatic nitrogens is 3. The minimum atomic E-state index is -0.0903. The van der Waals surface area contributed by atoms with Crippen molar-refractivity contribution in [2.45, 2.75) is 62.8 Å². The highest BCUT2D eigenvalue weighted by atomic mass is 16.5. The normalized spacial score (nSPS) is 28.1. The van der Waals surface area contributed by atoms with Crippen molar-refractivity contribution in [1.82, 2.24) is 24.8 Å². The van der Waals surface area contributed by atoms with Crippen LogP contribution in [-0.2, 0) is 4.74 Å². The summed E-state index contributed by atoms with van der Waals surface area (Å²) in [5.41, 5.74) is 2.22. The topological polar surface area (TPSA) is 92.5 Å². The zero-order valence-electron chi connectivity index (χ0n) is 16.7. The van der Waals surface area contributed by atoms with Gasteiger partial charge in [0.15, 0.2) is 5.65 Å². The van der Waals surface area contributed by atoms with Gasteiger partial charge in [-0.15, -0.1) is 0 Å². The number of rotatable bonds is 5. The van der Waals surface area contributed by atoms with E-state index in [9.17, 15) is 4.79 Å². The lowest BCUT2D eigenvalue weighted by Gasteiger charge is -2.34. The molecule has 5 rings (SSSR count). The molecule has 0 bridgehead atoms. The third-order valence-corrected chi connectivity index (χ3v) is 6.67. The molecule has 0 spiro atoms. The summed E-state index contributed by atoms with van der Waals surface area (Å²) in [7, 11) is 0. The van der Waals surface area contributed by atoms with Gasteiger partial charge >= 0.3 is 0 Å². The molecule has 0 unspecified atom stereocenters. The number of hydrogen-bond acceptors (Lipinski definition) is 6. The molecule has 2 saturated heterocycles. The SMILES string of the molecule is O=C(N[C@H]1C[C@H]2CO[C@@H](CCO)CN2C1)c1cnc2c(c1)ncn2C1CCCC1. The Morgan fingerprint density at radius 2 is 2.10 bits per heavy atom. The van der Waals surface area contributed by atoms with Crippen LogP contribution >= 0.6 is 0 Å². The molecule has 8 heteroatoms. The van der Waals surface area contributed by atoms with E-state index in [1.807, 2.05) is 12.4 Å². The van der Waals surface area contributed by atoms with Crippen molar-refractivity contribution < 1.29 is 14.6 Å². The van der Waals surface area contributed by atoms with Crippen LogP contribution in [0, 0.1) is 0 Å². The van der Waals surface area contributed by atoms with Crippen LogP contribution in [0.1, 0.15) is 54.9 Å². The highest BCUT2D eigenvalue weighted by Gasteiger charge is 2.37. The first-order valence-electron chi connectivity index (χ1n) is 10.8. The number of imidazole rings is 1. The molecule has 1 saturated carbocycles. The minimum Gasteiger partial charge on any atom is -0.396 e. The molecule has 2 aromatic heterocycles. The second-order valence-corrected chi connectivity index (χ2v) is 8.64. The van der Waals surface area contributed by atoms with Crippen molar-refractivity contribution in [2.75, 3.05) is 26.3 Å². The summed E-state index contributed by atoms with van der Waals surface area (Å²) in [6.07, 6.45) is 10.1. The van der Waals surface area contributed by atoms with Crippen LogP contribution in [0.3, 0.4) is 0 Å². The number of hydrogen-bond donors (Lipinski definition) is 2. The predicted molar refractivity (Wildman–Crippen MR) is 108 cm³/mol. The van der Waals surface area contributed by atoms with Gasteiger partial charge in [0, 0.05) is 44.0 Å². The second-order valence-electron chi connectivity index (χ2n) is 8.64. The first-order chi connectivity index (χ1) is 14.2. The van der Waals surface area contributed by atoms with Crippen LogP contribution in [0.15, 0.2) is 18.6 Å². The van der Waals surface area contributed by atoms with Crippen LogP contribution in [0.25, 0.3) is 11.2 Å². The van der Waals surface area contributed by atoms with Gasteiger partial charge in [-0.1, -0.05) is 12.8 Å². The van der Waals surface area contributed by atoms with Gasteiger partial charge in [0.05, 0.1) is 24.6 Å². The molecule has 2 N–H and O–H groups in total. The summed E-state index contributed by atoms with van der Waals surface area (Å²) in [6.45, 7) is 2.47. The number of amides is 1. The molecule has 3 fully saturated rings. The maximum atomic E-state index is 12.8. The van der Waals surface area contributed by atoms with Gasteiger partial charge in [-0.3, -0.25) is 9.69 Å². The smallest absolute Gasteiger partial charge is 0.253 e. The summed E-state index contributed by atoms with van der Waals surface area (Å²) >= 11 is 0. The number of fused-ring (bicyclic) bond motifs is 2. The van der Waals surface area contributed by atoms with Gasteiger partial charge in [-0.2, -0.15) is 0 Å². The fourth-order valence-corrected chi connectivity index (χ4v) is 5.13. The zero-order chi connectivity index (χ0) is 19.8. The monoisotopic (exact) mass is 399 g/mol. The zero-order valence-corrected chi connectivity index (χ0v) is 16.7. The number of ether oxygens (including phenoxy) is 1. The maximum absolute atomic E-state index is 12.8. The van der Waals surface area contributed by atoms with Gasteiger partial charge in [0.25, 0.3) is 5.91 Å². The van der Waals surface area contributed by atoms with Crippen molar-refractivity contribution in [2.24, 2.45) is 0 Å². The van der Waals surface area contributed by atoms with E-state index in [0.29, 0.717) is 30.7 Å². The minimum absolute atomic E-state index is 0.0901. The van der Waals surface area contributed by atoms with Gasteiger partial charge in [0.2, 0.25) is 0 Å². The molecule has 0 aromatic carbocycles. The van der Waals surface area contributed by atoms with E-state index >= 15 is 0 Å². The number of carbonyl (C=O) groups is 1. The summed E-state index contributed by atoms with van der Waals surface area (Å²) < 4.78 is 8.00. The van der Waals surface area contributed by atoms with E-state index in [4.69, 9.17) is 9.84 Å². The molecule has 2 aromatic rings. The van der Waals surface area contributed by atoms with Crippen LogP contribution < -0.4 is 5.32 Å². The van der Waals surface area contributed by atoms with Crippen LogP contribution in [0.5, 0.6) is 0 Å². The fraction of sp³-hybridized carbons (Fsp3) is 0.667. The highest BCUT2D eigenvalue weighted by molar-refractivity contribution is 5.96. The largest absolute Gasteiger partial charge is 0.396 e. The predicted octanol–water partition coefficient (Wildman–Crippen LogP) is 1.50. The molecule has 0 radical (unpaired) electrons. The molecule has 3 aliphatic rings. The number of pyridine rings is 1. The van der Waals surface area contributed by atoms with E-state index in [1.54, 1.807) is 6.20 Å². The Hall–Kier alpha value is -2.03. The quantitative estimate of drug-likeness (QED) is 0.792. The van der Waals surface area contributed by atoms with Crippen molar-refractivity contribution in [3.63, 3.8) is 0 Å². The first-order valence-corrected chi connectivity index (χ1v) is 10.8. The van der Waals surface area contributed by atoms with E-state index in [-0.39, 0.29) is 24.7 Å². The number of nitrogens with zero attached hydrogens (tertiary/aromatic N) is 4. The average molecular weight is 399 g/mol. The fourth-order valence-electron chi connectivity index (χ4n) is 5.13. The maximum Gasteiger partial charge on any atom is 0.253 e. The first kappa shape index (κ1) is 19.0. The number of morpholine rings is 1. The molecule has 2 aliphatic heterocycles. The second kappa shape index (κ2) is 8.01. The molecular weight excluding hydrogens is 370 g/mol. The van der Waals surface area contributed by atoms with Gasteiger partial charge in [-0.25, -0.2) is 9.97 Å². The van der Waals surface area contributed by atoms with Gasteiger partial charge < -0.3 is 19.7 Å². The molecule has 29 heavy (non-hydrogen) atoms. The molecule has 8 nitrogen and oxygen atoms in total. The van der Waals surface area contributed by atoms with Crippen molar-refractivity contribution in [3.05, 3.63) is 24.2 Å². The van der Waals surface area contributed by atoms with E-state index < -0.39 is 0 Å². The Labute approximate surface area is 170 Å². The highest BCUT2D eigenvalue weighted by Crippen LogP contribution is 2.31. The Kier molecular flexibility index (Phi) is 5.24. The number of nitrogens with one attached hydrogen (secondary N) is 1. The van der Waals surface area contributed by atoms with E-state index in [0.717, 1.165) is 30.7 Å². The lowest BCUT2D eigenvalue weighted by atomic mass is 10.1. The number of carbonyl (C=O) groups excluding carboxylic acids is 1. The Bertz CT molecular complexity index is 878. The Morgan fingerprint density at radius 3 is 2.93 bits per heavy atom. The summed E-state index contributed by atoms with van der Waals surface area (Å²) in [5, 5.41) is 12.3. The van der Waals surface area contributed by atoms with Crippen LogP contribution in [0.4, 0.5) is 0 Å². The van der Waals surface area contributed by atoms with Crippen LogP contribution in [-0.4, -0.2) is 74.9 Å². The third-order valence-electron chi connectivity index (χ3n) is 6.67. The average Bonchev–Trinajstić information content (AvgIpc) is 3.46. The van der Waals surface area contributed by atoms with Crippen molar-refractivity contribution in [3.8, 4) is 0 Å². The van der Waals surface area contributed by atoms with E-state index in [1.165, 1.54) is 25.7 Å².